The molecule has 40 heavy (non-hydrogen) atoms. The highest BCUT2D eigenvalue weighted by Crippen LogP contribution is 2.17. The summed E-state index contributed by atoms with van der Waals surface area (Å²) in [6.07, 6.45) is 45.3. The number of hydrogen-bond donors (Lipinski definition) is 3. The Morgan fingerprint density at radius 2 is 0.525 bits per heavy atom. The summed E-state index contributed by atoms with van der Waals surface area (Å²) >= 11 is 18.2. The van der Waals surface area contributed by atoms with Crippen LogP contribution in [-0.2, 0) is 0 Å². The third kappa shape index (κ3) is 38.7. The van der Waals surface area contributed by atoms with E-state index < -0.39 is 0 Å². The van der Waals surface area contributed by atoms with Crippen molar-refractivity contribution >= 4 is 58.2 Å². The van der Waals surface area contributed by atoms with E-state index in [9.17, 15) is 0 Å². The Hall–Kier alpha value is 0.680. The molecule has 0 aliphatic heterocycles. The van der Waals surface area contributed by atoms with Crippen LogP contribution in [0.5, 0.6) is 0 Å². The average molecular weight is 632 g/mol. The van der Waals surface area contributed by atoms with Crippen LogP contribution in [0.25, 0.3) is 0 Å². The molecule has 0 aromatic rings. The lowest BCUT2D eigenvalue weighted by Gasteiger charge is -2.05. The minimum atomic E-state index is 0.628. The van der Waals surface area contributed by atoms with E-state index >= 15 is 0 Å². The third-order valence-electron chi connectivity index (χ3n) is 8.34. The predicted octanol–water partition coefficient (Wildman–Crippen LogP) is 13.5. The Morgan fingerprint density at radius 1 is 0.325 bits per heavy atom. The second-order valence-electron chi connectivity index (χ2n) is 12.3. The molecule has 0 radical (unpaired) electrons. The van der Waals surface area contributed by atoms with E-state index in [1.54, 1.807) is 0 Å². The molecule has 0 rings (SSSR count). The van der Waals surface area contributed by atoms with Gasteiger partial charge in [0.2, 0.25) is 0 Å². The topological polar surface area (TPSA) is 12.0 Å². The van der Waals surface area contributed by atoms with Crippen LogP contribution in [0.15, 0.2) is 0 Å². The van der Waals surface area contributed by atoms with Gasteiger partial charge in [-0.3, -0.25) is 0 Å². The van der Waals surface area contributed by atoms with Crippen molar-refractivity contribution in [3.05, 3.63) is 0 Å². The molecule has 0 heterocycles. The lowest BCUT2D eigenvalue weighted by atomic mass is 10.0. The number of rotatable bonds is 34. The van der Waals surface area contributed by atoms with E-state index in [1.807, 2.05) is 0 Å². The first-order chi connectivity index (χ1) is 19.6. The van der Waals surface area contributed by atoms with Gasteiger partial charge in [0.1, 0.15) is 4.32 Å². The maximum Gasteiger partial charge on any atom is 0.130 e. The second kappa shape index (κ2) is 35.9. The summed E-state index contributed by atoms with van der Waals surface area (Å²) in [6, 6.07) is 0. The summed E-state index contributed by atoms with van der Waals surface area (Å²) in [4.78, 5) is 0. The molecule has 0 aliphatic carbocycles. The van der Waals surface area contributed by atoms with Crippen LogP contribution >= 0.6 is 49.7 Å². The van der Waals surface area contributed by atoms with Crippen LogP contribution in [0.2, 0.25) is 0 Å². The Bertz CT molecular complexity index is 480. The molecule has 1 nitrogen and oxygen atoms in total. The molecular formula is C35H69NS4. The summed E-state index contributed by atoms with van der Waals surface area (Å²) in [6.45, 7) is 0.985. The number of nitrogens with one attached hydrogen (secondary N) is 1. The predicted molar refractivity (Wildman–Crippen MR) is 199 cm³/mol. The van der Waals surface area contributed by atoms with E-state index in [1.165, 1.54) is 199 Å². The highest BCUT2D eigenvalue weighted by atomic mass is 32.1. The van der Waals surface area contributed by atoms with E-state index in [0.29, 0.717) is 4.32 Å². The van der Waals surface area contributed by atoms with Crippen molar-refractivity contribution in [1.29, 1.82) is 0 Å². The minimum Gasteiger partial charge on any atom is -0.371 e. The molecule has 238 valence electrons. The molecule has 0 unspecified atom stereocenters. The molecule has 1 N–H and O–H groups in total. The van der Waals surface area contributed by atoms with Gasteiger partial charge in [0, 0.05) is 10.7 Å². The van der Waals surface area contributed by atoms with Crippen molar-refractivity contribution in [2.24, 2.45) is 0 Å². The summed E-state index contributed by atoms with van der Waals surface area (Å²) in [5.41, 5.74) is 0. The van der Waals surface area contributed by atoms with Gasteiger partial charge in [-0.1, -0.05) is 211 Å². The zero-order valence-corrected chi connectivity index (χ0v) is 30.0. The van der Waals surface area contributed by atoms with Crippen LogP contribution in [0.3, 0.4) is 0 Å². The van der Waals surface area contributed by atoms with Crippen molar-refractivity contribution in [1.82, 2.24) is 5.32 Å². The molecule has 0 spiro atoms. The molecule has 0 saturated heterocycles. The zero-order valence-electron chi connectivity index (χ0n) is 26.5. The van der Waals surface area contributed by atoms with Gasteiger partial charge >= 0.3 is 0 Å². The van der Waals surface area contributed by atoms with E-state index in [0.717, 1.165) is 17.2 Å². The molecule has 0 atom stereocenters. The lowest BCUT2D eigenvalue weighted by molar-refractivity contribution is 0.512. The molecule has 0 aromatic carbocycles. The highest BCUT2D eigenvalue weighted by Gasteiger charge is 1.98. The first-order valence-corrected chi connectivity index (χ1v) is 19.5. The van der Waals surface area contributed by atoms with Crippen molar-refractivity contribution in [3.63, 3.8) is 0 Å². The van der Waals surface area contributed by atoms with Crippen LogP contribution in [0, 0.1) is 0 Å². The maximum absolute atomic E-state index is 5.01. The Labute approximate surface area is 274 Å². The molecule has 0 bridgehead atoms. The fraction of sp³-hybridized carbons (Fsp3) is 0.943. The largest absolute Gasteiger partial charge is 0.371 e. The molecular weight excluding hydrogens is 563 g/mol. The smallest absolute Gasteiger partial charge is 0.130 e. The molecule has 0 saturated carbocycles. The third-order valence-corrected chi connectivity index (χ3v) is 9.07. The Kier molecular flexibility index (Phi) is 36.5. The summed E-state index contributed by atoms with van der Waals surface area (Å²) < 4.78 is 1.51. The van der Waals surface area contributed by atoms with Gasteiger partial charge in [0.25, 0.3) is 0 Å². The van der Waals surface area contributed by atoms with E-state index in [4.69, 9.17) is 24.4 Å². The van der Waals surface area contributed by atoms with Crippen LogP contribution in [0.1, 0.15) is 205 Å². The van der Waals surface area contributed by atoms with Crippen LogP contribution in [0.4, 0.5) is 0 Å². The summed E-state index contributed by atoms with van der Waals surface area (Å²) in [5, 5.41) is 3.11. The molecule has 0 aliphatic rings. The monoisotopic (exact) mass is 631 g/mol. The van der Waals surface area contributed by atoms with Crippen molar-refractivity contribution in [2.45, 2.75) is 205 Å². The summed E-state index contributed by atoms with van der Waals surface area (Å²) in [7, 11) is 0. The Balaban J connectivity index is 3.04. The summed E-state index contributed by atoms with van der Waals surface area (Å²) in [5.74, 6) is 0. The van der Waals surface area contributed by atoms with Crippen molar-refractivity contribution in [2.75, 3.05) is 6.54 Å². The fourth-order valence-corrected chi connectivity index (χ4v) is 6.24. The van der Waals surface area contributed by atoms with Gasteiger partial charge in [-0.15, -0.1) is 25.3 Å². The van der Waals surface area contributed by atoms with Gasteiger partial charge in [-0.05, 0) is 19.3 Å². The van der Waals surface area contributed by atoms with Crippen molar-refractivity contribution in [3.8, 4) is 0 Å². The number of unbranched alkanes of at least 4 members (excludes halogenated alkanes) is 30. The van der Waals surface area contributed by atoms with Gasteiger partial charge in [0.15, 0.2) is 0 Å². The van der Waals surface area contributed by atoms with Gasteiger partial charge < -0.3 is 5.32 Å². The van der Waals surface area contributed by atoms with Crippen LogP contribution < -0.4 is 5.32 Å². The highest BCUT2D eigenvalue weighted by molar-refractivity contribution is 8.11. The lowest BCUT2D eigenvalue weighted by Crippen LogP contribution is -2.17. The Morgan fingerprint density at radius 3 is 0.725 bits per heavy atom. The van der Waals surface area contributed by atoms with E-state index in [-0.39, 0.29) is 0 Å². The number of thiocarbonyl (C=S) groups is 2. The minimum absolute atomic E-state index is 0.628. The number of hydrogen-bond acceptors (Lipinski definition) is 2. The van der Waals surface area contributed by atoms with E-state index in [2.05, 4.69) is 30.6 Å². The molecule has 0 fully saturated rings. The standard InChI is InChI=1S/C35H69NS4/c37-34(38)32-30-28-26-24-22-20-18-16-14-12-10-8-6-4-2-1-3-5-7-9-11-13-15-17-19-21-23-25-27-29-31-33-36-35(39)40/h1-33H2,(H,37,38)(H2,36,39,40). The first-order valence-electron chi connectivity index (χ1n) is 17.8. The van der Waals surface area contributed by atoms with Gasteiger partial charge in [-0.25, -0.2) is 0 Å². The SMILES string of the molecule is S=C(S)CCCCCCCCCCCCCCCCCCCCCCCCCCCCCCCCCNC(=S)S. The van der Waals surface area contributed by atoms with Crippen molar-refractivity contribution < 1.29 is 0 Å². The second-order valence-corrected chi connectivity index (χ2v) is 14.8. The maximum atomic E-state index is 5.01. The number of thiol groups is 2. The zero-order chi connectivity index (χ0) is 29.2. The molecule has 0 aromatic heterocycles. The van der Waals surface area contributed by atoms with Gasteiger partial charge in [-0.2, -0.15) is 0 Å². The fourth-order valence-electron chi connectivity index (χ4n) is 5.72. The normalized spacial score (nSPS) is 11.2. The molecule has 5 heteroatoms. The first kappa shape index (κ1) is 40.7. The molecule has 0 amide bonds. The van der Waals surface area contributed by atoms with Gasteiger partial charge in [0.05, 0.1) is 0 Å². The van der Waals surface area contributed by atoms with Crippen LogP contribution in [-0.4, -0.2) is 15.1 Å². The quantitative estimate of drug-likeness (QED) is 0.0371. The average Bonchev–Trinajstić information content (AvgIpc) is 2.93.